The third-order valence-electron chi connectivity index (χ3n) is 4.08. The van der Waals surface area contributed by atoms with Crippen LogP contribution in [0.4, 0.5) is 5.82 Å². The molecule has 2 aliphatic rings. The molecule has 0 aliphatic carbocycles. The average Bonchev–Trinajstić information content (AvgIpc) is 2.56. The number of rotatable bonds is 2. The van der Waals surface area contributed by atoms with Gasteiger partial charge in [-0.05, 0) is 31.4 Å². The van der Waals surface area contributed by atoms with E-state index in [2.05, 4.69) is 15.2 Å². The highest BCUT2D eigenvalue weighted by atomic mass is 16.2. The number of aromatic nitrogens is 1. The number of carbonyl (C=O) groups excluding carboxylic acids is 1. The Kier molecular flexibility index (Phi) is 4.16. The van der Waals surface area contributed by atoms with Crippen molar-refractivity contribution in [3.8, 4) is 0 Å². The minimum absolute atomic E-state index is 0.125. The number of amides is 1. The number of pyridine rings is 1. The molecule has 3 heterocycles. The van der Waals surface area contributed by atoms with Crippen LogP contribution in [0.3, 0.4) is 0 Å². The molecule has 108 valence electrons. The van der Waals surface area contributed by atoms with Crippen LogP contribution >= 0.6 is 0 Å². The Bertz CT molecular complexity index is 465. The van der Waals surface area contributed by atoms with Crippen LogP contribution in [-0.4, -0.2) is 55.1 Å². The lowest BCUT2D eigenvalue weighted by Gasteiger charge is -2.32. The Morgan fingerprint density at radius 1 is 1.10 bits per heavy atom. The van der Waals surface area contributed by atoms with Gasteiger partial charge in [-0.1, -0.05) is 0 Å². The van der Waals surface area contributed by atoms with E-state index >= 15 is 0 Å². The van der Waals surface area contributed by atoms with E-state index in [0.29, 0.717) is 0 Å². The van der Waals surface area contributed by atoms with Gasteiger partial charge in [-0.2, -0.15) is 0 Å². The summed E-state index contributed by atoms with van der Waals surface area (Å²) in [6, 6.07) is 3.78. The summed E-state index contributed by atoms with van der Waals surface area (Å²) in [6.45, 7) is 5.36. The number of anilines is 1. The van der Waals surface area contributed by atoms with Crippen molar-refractivity contribution in [1.29, 1.82) is 0 Å². The van der Waals surface area contributed by atoms with Gasteiger partial charge >= 0.3 is 0 Å². The maximum absolute atomic E-state index is 12.7. The minimum Gasteiger partial charge on any atom is -0.356 e. The van der Waals surface area contributed by atoms with Crippen molar-refractivity contribution < 1.29 is 4.79 Å². The summed E-state index contributed by atoms with van der Waals surface area (Å²) in [5.41, 5.74) is 0.760. The molecule has 0 radical (unpaired) electrons. The second kappa shape index (κ2) is 6.22. The molecule has 1 aromatic heterocycles. The highest BCUT2D eigenvalue weighted by Gasteiger charge is 2.24. The normalized spacial score (nSPS) is 20.0. The van der Waals surface area contributed by atoms with Crippen LogP contribution in [0.25, 0.3) is 0 Å². The van der Waals surface area contributed by atoms with E-state index in [1.807, 2.05) is 17.0 Å². The maximum Gasteiger partial charge on any atom is 0.257 e. The van der Waals surface area contributed by atoms with Gasteiger partial charge in [0.15, 0.2) is 0 Å². The Hall–Kier alpha value is -1.62. The molecule has 2 fully saturated rings. The largest absolute Gasteiger partial charge is 0.356 e. The standard InChI is InChI=1S/C15H22N4O/c20-15(19-11-7-16-8-12-19)13-5-4-6-17-14(13)18-9-2-1-3-10-18/h4-6,16H,1-3,7-12H2. The SMILES string of the molecule is O=C(c1cccnc1N1CCCCC1)N1CCNCC1. The summed E-state index contributed by atoms with van der Waals surface area (Å²) in [6.07, 6.45) is 5.46. The molecule has 0 saturated carbocycles. The van der Waals surface area contributed by atoms with E-state index in [1.165, 1.54) is 19.3 Å². The lowest BCUT2D eigenvalue weighted by atomic mass is 10.1. The molecule has 1 aromatic rings. The van der Waals surface area contributed by atoms with Crippen molar-refractivity contribution in [1.82, 2.24) is 15.2 Å². The van der Waals surface area contributed by atoms with Gasteiger partial charge in [-0.15, -0.1) is 0 Å². The zero-order chi connectivity index (χ0) is 13.8. The number of hydrogen-bond donors (Lipinski definition) is 1. The summed E-state index contributed by atoms with van der Waals surface area (Å²) >= 11 is 0. The van der Waals surface area contributed by atoms with Gasteiger partial charge in [-0.3, -0.25) is 4.79 Å². The van der Waals surface area contributed by atoms with Gasteiger partial charge < -0.3 is 15.1 Å². The Labute approximate surface area is 120 Å². The number of nitrogens with one attached hydrogen (secondary N) is 1. The molecule has 1 N–H and O–H groups in total. The van der Waals surface area contributed by atoms with Crippen molar-refractivity contribution in [2.24, 2.45) is 0 Å². The highest BCUT2D eigenvalue weighted by Crippen LogP contribution is 2.22. The monoisotopic (exact) mass is 274 g/mol. The summed E-state index contributed by atoms with van der Waals surface area (Å²) in [5.74, 6) is 0.996. The van der Waals surface area contributed by atoms with Gasteiger partial charge in [0.2, 0.25) is 0 Å². The lowest BCUT2D eigenvalue weighted by molar-refractivity contribution is 0.0736. The van der Waals surface area contributed by atoms with Crippen LogP contribution in [0, 0.1) is 0 Å². The van der Waals surface area contributed by atoms with E-state index in [4.69, 9.17) is 0 Å². The molecule has 0 atom stereocenters. The third kappa shape index (κ3) is 2.77. The fourth-order valence-electron chi connectivity index (χ4n) is 2.96. The fourth-order valence-corrected chi connectivity index (χ4v) is 2.96. The molecule has 1 amide bonds. The molecule has 20 heavy (non-hydrogen) atoms. The van der Waals surface area contributed by atoms with Crippen LogP contribution < -0.4 is 10.2 Å². The molecule has 2 aliphatic heterocycles. The summed E-state index contributed by atoms with van der Waals surface area (Å²) in [7, 11) is 0. The highest BCUT2D eigenvalue weighted by molar-refractivity contribution is 5.99. The van der Waals surface area contributed by atoms with Crippen LogP contribution in [0.1, 0.15) is 29.6 Å². The molecular formula is C15H22N4O. The summed E-state index contributed by atoms with van der Waals surface area (Å²) < 4.78 is 0. The molecule has 0 unspecified atom stereocenters. The molecule has 0 aromatic carbocycles. The molecule has 0 spiro atoms. The molecule has 2 saturated heterocycles. The maximum atomic E-state index is 12.7. The minimum atomic E-state index is 0.125. The number of hydrogen-bond acceptors (Lipinski definition) is 4. The number of piperidine rings is 1. The van der Waals surface area contributed by atoms with Crippen molar-refractivity contribution >= 4 is 11.7 Å². The first-order chi connectivity index (χ1) is 9.86. The Balaban J connectivity index is 1.82. The second-order valence-electron chi connectivity index (χ2n) is 5.46. The first-order valence-corrected chi connectivity index (χ1v) is 7.56. The van der Waals surface area contributed by atoms with E-state index in [0.717, 1.165) is 50.6 Å². The first-order valence-electron chi connectivity index (χ1n) is 7.56. The van der Waals surface area contributed by atoms with Gasteiger partial charge in [0, 0.05) is 45.5 Å². The Morgan fingerprint density at radius 3 is 2.60 bits per heavy atom. The summed E-state index contributed by atoms with van der Waals surface area (Å²) in [4.78, 5) is 21.4. The van der Waals surface area contributed by atoms with E-state index < -0.39 is 0 Å². The van der Waals surface area contributed by atoms with E-state index in [-0.39, 0.29) is 5.91 Å². The molecule has 5 heteroatoms. The van der Waals surface area contributed by atoms with E-state index in [9.17, 15) is 4.79 Å². The summed E-state index contributed by atoms with van der Waals surface area (Å²) in [5, 5.41) is 3.28. The Morgan fingerprint density at radius 2 is 1.85 bits per heavy atom. The molecule has 0 bridgehead atoms. The number of carbonyl (C=O) groups is 1. The third-order valence-corrected chi connectivity index (χ3v) is 4.08. The first kappa shape index (κ1) is 13.4. The van der Waals surface area contributed by atoms with Gasteiger partial charge in [0.05, 0.1) is 5.56 Å². The van der Waals surface area contributed by atoms with Gasteiger partial charge in [-0.25, -0.2) is 4.98 Å². The van der Waals surface area contributed by atoms with Crippen molar-refractivity contribution in [2.45, 2.75) is 19.3 Å². The predicted molar refractivity (Wildman–Crippen MR) is 79.1 cm³/mol. The molecule has 3 rings (SSSR count). The molecule has 5 nitrogen and oxygen atoms in total. The fraction of sp³-hybridized carbons (Fsp3) is 0.600. The van der Waals surface area contributed by atoms with E-state index in [1.54, 1.807) is 6.20 Å². The topological polar surface area (TPSA) is 48.5 Å². The quantitative estimate of drug-likeness (QED) is 0.878. The van der Waals surface area contributed by atoms with Gasteiger partial charge in [0.1, 0.15) is 5.82 Å². The lowest BCUT2D eigenvalue weighted by Crippen LogP contribution is -2.47. The van der Waals surface area contributed by atoms with Crippen LogP contribution in [-0.2, 0) is 0 Å². The predicted octanol–water partition coefficient (Wildman–Crippen LogP) is 1.12. The van der Waals surface area contributed by atoms with Crippen molar-refractivity contribution in [3.05, 3.63) is 23.9 Å². The van der Waals surface area contributed by atoms with Crippen molar-refractivity contribution in [2.75, 3.05) is 44.2 Å². The van der Waals surface area contributed by atoms with Crippen LogP contribution in [0.15, 0.2) is 18.3 Å². The number of nitrogens with zero attached hydrogens (tertiary/aromatic N) is 3. The second-order valence-corrected chi connectivity index (χ2v) is 5.46. The van der Waals surface area contributed by atoms with Crippen molar-refractivity contribution in [3.63, 3.8) is 0 Å². The van der Waals surface area contributed by atoms with Gasteiger partial charge in [0.25, 0.3) is 5.91 Å². The zero-order valence-electron chi connectivity index (χ0n) is 11.8. The zero-order valence-corrected chi connectivity index (χ0v) is 11.8. The van der Waals surface area contributed by atoms with Crippen LogP contribution in [0.2, 0.25) is 0 Å². The smallest absolute Gasteiger partial charge is 0.257 e. The number of piperazine rings is 1. The average molecular weight is 274 g/mol. The van der Waals surface area contributed by atoms with Crippen LogP contribution in [0.5, 0.6) is 0 Å². The molecular weight excluding hydrogens is 252 g/mol.